The first-order valence-electron chi connectivity index (χ1n) is 9.42. The van der Waals surface area contributed by atoms with Gasteiger partial charge in [0, 0.05) is 19.4 Å². The van der Waals surface area contributed by atoms with Gasteiger partial charge in [-0.25, -0.2) is 0 Å². The summed E-state index contributed by atoms with van der Waals surface area (Å²) in [6.07, 6.45) is 7.12. The first-order chi connectivity index (χ1) is 11.8. The lowest BCUT2D eigenvalue weighted by molar-refractivity contribution is -0.164. The molecule has 0 amide bonds. The van der Waals surface area contributed by atoms with Gasteiger partial charge in [0.15, 0.2) is 14.1 Å². The molecule has 5 heteroatoms. The number of rotatable bonds is 8. The summed E-state index contributed by atoms with van der Waals surface area (Å²) in [6.45, 7) is 21.0. The molecule has 0 spiro atoms. The van der Waals surface area contributed by atoms with Crippen molar-refractivity contribution in [3.63, 3.8) is 0 Å². The van der Waals surface area contributed by atoms with Crippen molar-refractivity contribution in [2.24, 2.45) is 5.92 Å². The van der Waals surface area contributed by atoms with E-state index in [1.165, 1.54) is 0 Å². The quantitative estimate of drug-likeness (QED) is 0.345. The van der Waals surface area contributed by atoms with Crippen molar-refractivity contribution in [3.05, 3.63) is 12.7 Å². The zero-order valence-corrected chi connectivity index (χ0v) is 19.1. The predicted octanol–water partition coefficient (Wildman–Crippen LogP) is 4.76. The molecule has 0 aromatic carbocycles. The standard InChI is InChI=1S/C21H38O4Si/c1-12-14-16(13-2)18(22-9)19(25-26(10,11)20(4,5)6)17-15(3)23-21(7,8)24-17/h1,13,15-19H,2,14H2,3-11H3/t15-,16+,17+,18+,19+/m1/s1. The van der Waals surface area contributed by atoms with E-state index in [-0.39, 0.29) is 35.4 Å². The highest BCUT2D eigenvalue weighted by Crippen LogP contribution is 2.41. The molecule has 0 unspecified atom stereocenters. The minimum Gasteiger partial charge on any atom is -0.408 e. The van der Waals surface area contributed by atoms with E-state index >= 15 is 0 Å². The summed E-state index contributed by atoms with van der Waals surface area (Å²) in [5, 5.41) is 0.0670. The highest BCUT2D eigenvalue weighted by Gasteiger charge is 2.50. The van der Waals surface area contributed by atoms with Gasteiger partial charge in [0.2, 0.25) is 0 Å². The number of ether oxygens (including phenoxy) is 3. The summed E-state index contributed by atoms with van der Waals surface area (Å²) >= 11 is 0. The molecule has 1 aliphatic heterocycles. The summed E-state index contributed by atoms with van der Waals surface area (Å²) in [6, 6.07) is 0. The van der Waals surface area contributed by atoms with Crippen molar-refractivity contribution in [2.45, 2.75) is 96.3 Å². The molecule has 0 N–H and O–H groups in total. The molecule has 0 bridgehead atoms. The Morgan fingerprint density at radius 1 is 1.31 bits per heavy atom. The largest absolute Gasteiger partial charge is 0.408 e. The van der Waals surface area contributed by atoms with Crippen molar-refractivity contribution < 1.29 is 18.6 Å². The normalized spacial score (nSPS) is 26.8. The van der Waals surface area contributed by atoms with Gasteiger partial charge in [-0.15, -0.1) is 18.9 Å². The zero-order chi connectivity index (χ0) is 20.3. The maximum absolute atomic E-state index is 6.82. The van der Waals surface area contributed by atoms with Crippen LogP contribution in [0.2, 0.25) is 18.1 Å². The molecule has 0 radical (unpaired) electrons. The average molecular weight is 383 g/mol. The van der Waals surface area contributed by atoms with E-state index in [1.807, 2.05) is 26.8 Å². The summed E-state index contributed by atoms with van der Waals surface area (Å²) < 4.78 is 25.0. The Kier molecular flexibility index (Phi) is 7.72. The summed E-state index contributed by atoms with van der Waals surface area (Å²) in [4.78, 5) is 0. The van der Waals surface area contributed by atoms with Crippen molar-refractivity contribution in [2.75, 3.05) is 7.11 Å². The van der Waals surface area contributed by atoms with Crippen LogP contribution < -0.4 is 0 Å². The van der Waals surface area contributed by atoms with Crippen LogP contribution in [0.1, 0.15) is 48.0 Å². The molecule has 1 rings (SSSR count). The fourth-order valence-electron chi connectivity index (χ4n) is 3.16. The van der Waals surface area contributed by atoms with Gasteiger partial charge < -0.3 is 18.6 Å². The molecule has 1 saturated heterocycles. The van der Waals surface area contributed by atoms with Crippen LogP contribution in [0.4, 0.5) is 0 Å². The molecule has 0 aromatic rings. The smallest absolute Gasteiger partial charge is 0.192 e. The molecule has 5 atom stereocenters. The molecule has 1 heterocycles. The number of methoxy groups -OCH3 is 1. The van der Waals surface area contributed by atoms with Crippen LogP contribution in [-0.2, 0) is 18.6 Å². The molecular weight excluding hydrogens is 344 g/mol. The summed E-state index contributed by atoms with van der Waals surface area (Å²) in [5.41, 5.74) is 0. The summed E-state index contributed by atoms with van der Waals surface area (Å²) in [7, 11) is -0.374. The van der Waals surface area contributed by atoms with E-state index < -0.39 is 14.1 Å². The van der Waals surface area contributed by atoms with Gasteiger partial charge >= 0.3 is 0 Å². The molecule has 0 aliphatic carbocycles. The highest BCUT2D eigenvalue weighted by atomic mass is 28.4. The van der Waals surface area contributed by atoms with Gasteiger partial charge in [0.05, 0.1) is 12.2 Å². The van der Waals surface area contributed by atoms with Crippen LogP contribution in [-0.4, -0.2) is 45.6 Å². The van der Waals surface area contributed by atoms with E-state index in [0.717, 1.165) is 0 Å². The predicted molar refractivity (Wildman–Crippen MR) is 110 cm³/mol. The molecule has 0 aromatic heterocycles. The Balaban J connectivity index is 3.28. The van der Waals surface area contributed by atoms with Crippen LogP contribution in [0.5, 0.6) is 0 Å². The minimum atomic E-state index is -2.07. The monoisotopic (exact) mass is 382 g/mol. The molecule has 150 valence electrons. The molecular formula is C21H38O4Si. The maximum Gasteiger partial charge on any atom is 0.192 e. The van der Waals surface area contributed by atoms with E-state index in [1.54, 1.807) is 7.11 Å². The third-order valence-corrected chi connectivity index (χ3v) is 10.1. The van der Waals surface area contributed by atoms with Crippen LogP contribution in [0.3, 0.4) is 0 Å². The fraction of sp³-hybridized carbons (Fsp3) is 0.810. The van der Waals surface area contributed by atoms with Gasteiger partial charge in [0.1, 0.15) is 12.2 Å². The minimum absolute atomic E-state index is 0.0146. The Bertz CT molecular complexity index is 515. The van der Waals surface area contributed by atoms with Gasteiger partial charge in [-0.3, -0.25) is 0 Å². The second-order valence-electron chi connectivity index (χ2n) is 9.16. The van der Waals surface area contributed by atoms with Crippen LogP contribution in [0, 0.1) is 18.3 Å². The Morgan fingerprint density at radius 2 is 1.88 bits per heavy atom. The lowest BCUT2D eigenvalue weighted by atomic mass is 9.90. The van der Waals surface area contributed by atoms with Crippen molar-refractivity contribution in [3.8, 4) is 12.3 Å². The third kappa shape index (κ3) is 5.43. The second-order valence-corrected chi connectivity index (χ2v) is 13.9. The van der Waals surface area contributed by atoms with Crippen LogP contribution in [0.15, 0.2) is 12.7 Å². The number of hydrogen-bond donors (Lipinski definition) is 0. The van der Waals surface area contributed by atoms with Gasteiger partial charge in [-0.1, -0.05) is 26.8 Å². The lowest BCUT2D eigenvalue weighted by Gasteiger charge is -2.44. The molecule has 4 nitrogen and oxygen atoms in total. The topological polar surface area (TPSA) is 36.9 Å². The lowest BCUT2D eigenvalue weighted by Crippen LogP contribution is -2.55. The van der Waals surface area contributed by atoms with Crippen molar-refractivity contribution in [1.29, 1.82) is 0 Å². The third-order valence-electron chi connectivity index (χ3n) is 5.59. The first kappa shape index (κ1) is 23.4. The molecule has 1 aliphatic rings. The van der Waals surface area contributed by atoms with Gasteiger partial charge in [-0.05, 0) is 38.9 Å². The van der Waals surface area contributed by atoms with Gasteiger partial charge in [0.25, 0.3) is 0 Å². The maximum atomic E-state index is 6.82. The van der Waals surface area contributed by atoms with Crippen LogP contribution >= 0.6 is 0 Å². The number of hydrogen-bond acceptors (Lipinski definition) is 4. The number of terminal acetylenes is 1. The van der Waals surface area contributed by atoms with E-state index in [4.69, 9.17) is 25.1 Å². The first-order valence-corrected chi connectivity index (χ1v) is 12.3. The average Bonchev–Trinajstić information content (AvgIpc) is 2.77. The molecule has 0 saturated carbocycles. The molecule has 1 fully saturated rings. The van der Waals surface area contributed by atoms with Crippen molar-refractivity contribution >= 4 is 8.32 Å². The van der Waals surface area contributed by atoms with Crippen LogP contribution in [0.25, 0.3) is 0 Å². The fourth-order valence-corrected chi connectivity index (χ4v) is 4.46. The van der Waals surface area contributed by atoms with E-state index in [2.05, 4.69) is 46.4 Å². The summed E-state index contributed by atoms with van der Waals surface area (Å²) in [5.74, 6) is 2.07. The van der Waals surface area contributed by atoms with Gasteiger partial charge in [-0.2, -0.15) is 0 Å². The Hall–Kier alpha value is -0.643. The highest BCUT2D eigenvalue weighted by molar-refractivity contribution is 6.74. The zero-order valence-electron chi connectivity index (χ0n) is 18.1. The van der Waals surface area contributed by atoms with E-state index in [0.29, 0.717) is 6.42 Å². The Labute approximate surface area is 161 Å². The van der Waals surface area contributed by atoms with E-state index in [9.17, 15) is 0 Å². The molecule has 26 heavy (non-hydrogen) atoms. The SMILES string of the molecule is C#CC[C@H](C=C)[C@H](OC)[C@@H](O[Si](C)(C)C(C)(C)C)[C@H]1OC(C)(C)O[C@@H]1C. The Morgan fingerprint density at radius 3 is 2.23 bits per heavy atom. The second kappa shape index (κ2) is 8.58. The van der Waals surface area contributed by atoms with Crippen molar-refractivity contribution in [1.82, 2.24) is 0 Å².